The van der Waals surface area contributed by atoms with Crippen LogP contribution in [0.25, 0.3) is 0 Å². The molecule has 1 aliphatic rings. The van der Waals surface area contributed by atoms with Crippen molar-refractivity contribution in [2.24, 2.45) is 0 Å². The van der Waals surface area contributed by atoms with Gasteiger partial charge in [0.2, 0.25) is 0 Å². The molecule has 2 rings (SSSR count). The zero-order valence-corrected chi connectivity index (χ0v) is 11.9. The summed E-state index contributed by atoms with van der Waals surface area (Å²) in [6, 6.07) is 1.43. The smallest absolute Gasteiger partial charge is 0.399 e. The number of rotatable bonds is 2. The minimum atomic E-state index is -4.25. The molecule has 2 heterocycles. The molecule has 0 unspecified atom stereocenters. The van der Waals surface area contributed by atoms with Gasteiger partial charge in [0.05, 0.1) is 17.6 Å². The predicted octanol–water partition coefficient (Wildman–Crippen LogP) is 2.49. The third-order valence-corrected chi connectivity index (χ3v) is 3.75. The van der Waals surface area contributed by atoms with E-state index in [2.05, 4.69) is 4.98 Å². The third kappa shape index (κ3) is 3.15. The Morgan fingerprint density at radius 3 is 2.15 bits per heavy atom. The van der Waals surface area contributed by atoms with E-state index in [0.717, 1.165) is 0 Å². The summed E-state index contributed by atoms with van der Waals surface area (Å²) in [7, 11) is -0.694. The molecule has 0 amide bonds. The van der Waals surface area contributed by atoms with E-state index in [9.17, 15) is 13.2 Å². The lowest BCUT2D eigenvalue weighted by Gasteiger charge is -2.32. The Morgan fingerprint density at radius 1 is 1.10 bits per heavy atom. The molecule has 1 aromatic heterocycles. The third-order valence-electron chi connectivity index (χ3n) is 3.75. The first kappa shape index (κ1) is 15.3. The van der Waals surface area contributed by atoms with Gasteiger partial charge in [0.25, 0.3) is 0 Å². The molecule has 1 saturated heterocycles. The Hall–Kier alpha value is -1.08. The highest BCUT2D eigenvalue weighted by Gasteiger charge is 2.51. The molecule has 1 aliphatic heterocycles. The van der Waals surface area contributed by atoms with Crippen LogP contribution >= 0.6 is 0 Å². The lowest BCUT2D eigenvalue weighted by molar-refractivity contribution is -0.127. The second kappa shape index (κ2) is 4.74. The van der Waals surface area contributed by atoms with Gasteiger partial charge in [0, 0.05) is 17.9 Å². The Bertz CT molecular complexity index is 487. The second-order valence-electron chi connectivity index (χ2n) is 6.01. The van der Waals surface area contributed by atoms with Crippen molar-refractivity contribution < 1.29 is 22.5 Å². The van der Waals surface area contributed by atoms with Crippen molar-refractivity contribution in [3.63, 3.8) is 0 Å². The van der Waals surface area contributed by atoms with Crippen molar-refractivity contribution >= 4 is 12.6 Å². The van der Waals surface area contributed by atoms with Crippen molar-refractivity contribution in [3.8, 4) is 0 Å². The van der Waals surface area contributed by atoms with Crippen LogP contribution in [0.3, 0.4) is 0 Å². The normalized spacial score (nSPS) is 21.2. The van der Waals surface area contributed by atoms with E-state index >= 15 is 0 Å². The van der Waals surface area contributed by atoms with Crippen LogP contribution < -0.4 is 5.46 Å². The fourth-order valence-corrected chi connectivity index (χ4v) is 1.94. The van der Waals surface area contributed by atoms with Crippen LogP contribution in [0.2, 0.25) is 0 Å². The Morgan fingerprint density at radius 2 is 1.65 bits per heavy atom. The van der Waals surface area contributed by atoms with Crippen molar-refractivity contribution in [2.75, 3.05) is 0 Å². The van der Waals surface area contributed by atoms with E-state index in [1.807, 2.05) is 27.7 Å². The maximum atomic E-state index is 12.4. The largest absolute Gasteiger partial charge is 0.496 e. The van der Waals surface area contributed by atoms with Crippen LogP contribution in [0.15, 0.2) is 18.5 Å². The molecule has 0 atom stereocenters. The van der Waals surface area contributed by atoms with Gasteiger partial charge in [-0.25, -0.2) is 0 Å². The Kier molecular flexibility index (Phi) is 3.63. The number of pyridine rings is 1. The summed E-state index contributed by atoms with van der Waals surface area (Å²) in [5.41, 5.74) is -0.454. The molecule has 1 aromatic rings. The molecular weight excluding hydrogens is 270 g/mol. The summed E-state index contributed by atoms with van der Waals surface area (Å²) in [4.78, 5) is 3.85. The monoisotopic (exact) mass is 287 g/mol. The Balaban J connectivity index is 2.21. The van der Waals surface area contributed by atoms with Crippen molar-refractivity contribution in [3.05, 3.63) is 24.0 Å². The quantitative estimate of drug-likeness (QED) is 0.783. The molecule has 0 bridgehead atoms. The van der Waals surface area contributed by atoms with Crippen molar-refractivity contribution in [1.29, 1.82) is 0 Å². The van der Waals surface area contributed by atoms with Gasteiger partial charge in [-0.2, -0.15) is 13.2 Å². The molecule has 110 valence electrons. The van der Waals surface area contributed by atoms with E-state index in [1.54, 1.807) is 0 Å². The summed E-state index contributed by atoms with van der Waals surface area (Å²) >= 11 is 0. The van der Waals surface area contributed by atoms with E-state index in [1.165, 1.54) is 18.5 Å². The van der Waals surface area contributed by atoms with Gasteiger partial charge in [0.1, 0.15) is 0 Å². The molecule has 0 saturated carbocycles. The Labute approximate surface area is 116 Å². The van der Waals surface area contributed by atoms with E-state index in [4.69, 9.17) is 9.31 Å². The highest BCUT2D eigenvalue weighted by atomic mass is 19.4. The van der Waals surface area contributed by atoms with E-state index < -0.39 is 30.9 Å². The van der Waals surface area contributed by atoms with Crippen LogP contribution in [-0.2, 0) is 15.7 Å². The van der Waals surface area contributed by atoms with Gasteiger partial charge in [0.15, 0.2) is 0 Å². The molecule has 0 radical (unpaired) electrons. The first-order valence-electron chi connectivity index (χ1n) is 6.36. The molecule has 0 aliphatic carbocycles. The fraction of sp³-hybridized carbons (Fsp3) is 0.615. The number of aromatic nitrogens is 1. The van der Waals surface area contributed by atoms with Crippen LogP contribution in [-0.4, -0.2) is 29.5 Å². The number of alkyl halides is 3. The summed E-state index contributed by atoms with van der Waals surface area (Å²) in [5, 5.41) is 0. The first-order valence-corrected chi connectivity index (χ1v) is 6.36. The number of halogens is 3. The number of hydrogen-bond donors (Lipinski definition) is 0. The molecular formula is C13H17BF3NO2. The first-order chi connectivity index (χ1) is 9.00. The lowest BCUT2D eigenvalue weighted by Crippen LogP contribution is -2.41. The van der Waals surface area contributed by atoms with Gasteiger partial charge in [-0.05, 0) is 33.3 Å². The molecule has 0 N–H and O–H groups in total. The van der Waals surface area contributed by atoms with Gasteiger partial charge >= 0.3 is 13.3 Å². The number of hydrogen-bond acceptors (Lipinski definition) is 3. The van der Waals surface area contributed by atoms with E-state index in [0.29, 0.717) is 5.46 Å². The lowest BCUT2D eigenvalue weighted by atomic mass is 9.79. The predicted molar refractivity (Wildman–Crippen MR) is 69.7 cm³/mol. The average molecular weight is 287 g/mol. The average Bonchev–Trinajstić information content (AvgIpc) is 2.46. The zero-order chi connectivity index (χ0) is 15.2. The fourth-order valence-electron chi connectivity index (χ4n) is 1.94. The van der Waals surface area contributed by atoms with Crippen LogP contribution in [0.5, 0.6) is 0 Å². The van der Waals surface area contributed by atoms with Gasteiger partial charge in [-0.15, -0.1) is 0 Å². The van der Waals surface area contributed by atoms with Crippen molar-refractivity contribution in [2.45, 2.75) is 51.5 Å². The zero-order valence-electron chi connectivity index (χ0n) is 11.9. The molecule has 0 aromatic carbocycles. The number of nitrogens with zero attached hydrogens (tertiary/aromatic N) is 1. The summed E-state index contributed by atoms with van der Waals surface area (Å²) in [6.45, 7) is 7.56. The minimum Gasteiger partial charge on any atom is -0.399 e. The topological polar surface area (TPSA) is 31.4 Å². The minimum absolute atomic E-state index is 0.102. The SMILES string of the molecule is CC1(C)OB(c2cncc(CC(F)(F)F)c2)OC1(C)C. The maximum Gasteiger partial charge on any atom is 0.496 e. The maximum absolute atomic E-state index is 12.4. The molecule has 3 nitrogen and oxygen atoms in total. The molecule has 7 heteroatoms. The summed E-state index contributed by atoms with van der Waals surface area (Å²) in [5.74, 6) is 0. The molecule has 0 spiro atoms. The van der Waals surface area contributed by atoms with Crippen LogP contribution in [0, 0.1) is 0 Å². The summed E-state index contributed by atoms with van der Waals surface area (Å²) in [6.07, 6.45) is -2.58. The second-order valence-corrected chi connectivity index (χ2v) is 6.01. The van der Waals surface area contributed by atoms with Crippen LogP contribution in [0.1, 0.15) is 33.3 Å². The van der Waals surface area contributed by atoms with Gasteiger partial charge in [-0.1, -0.05) is 6.07 Å². The van der Waals surface area contributed by atoms with Gasteiger partial charge < -0.3 is 9.31 Å². The van der Waals surface area contributed by atoms with Gasteiger partial charge in [-0.3, -0.25) is 4.98 Å². The highest BCUT2D eigenvalue weighted by Crippen LogP contribution is 2.36. The van der Waals surface area contributed by atoms with Crippen molar-refractivity contribution in [1.82, 2.24) is 4.98 Å². The van der Waals surface area contributed by atoms with Crippen LogP contribution in [0.4, 0.5) is 13.2 Å². The summed E-state index contributed by atoms with van der Waals surface area (Å²) < 4.78 is 48.8. The highest BCUT2D eigenvalue weighted by molar-refractivity contribution is 6.62. The standard InChI is InChI=1S/C13H17BF3NO2/c1-11(2)12(3,4)20-14(19-11)10-5-9(7-18-8-10)6-13(15,16)17/h5,7-8H,6H2,1-4H3. The molecule has 20 heavy (non-hydrogen) atoms. The van der Waals surface area contributed by atoms with E-state index in [-0.39, 0.29) is 5.56 Å². The molecule has 1 fully saturated rings.